The number of hydrogen-bond acceptors (Lipinski definition) is 4. The maximum Gasteiger partial charge on any atom is 0.274 e. The maximum absolute atomic E-state index is 13.4. The second kappa shape index (κ2) is 8.70. The largest absolute Gasteiger partial charge is 0.491 e. The van der Waals surface area contributed by atoms with Crippen LogP contribution in [0.4, 0.5) is 4.39 Å². The number of rotatable bonds is 6. The van der Waals surface area contributed by atoms with E-state index < -0.39 is 6.10 Å². The van der Waals surface area contributed by atoms with Gasteiger partial charge in [0.1, 0.15) is 24.3 Å². The molecular weight excluding hydrogens is 395 g/mol. The summed E-state index contributed by atoms with van der Waals surface area (Å²) in [7, 11) is 0. The third-order valence-corrected chi connectivity index (χ3v) is 5.13. The van der Waals surface area contributed by atoms with Gasteiger partial charge in [-0.15, -0.1) is 0 Å². The molecule has 0 saturated carbocycles. The number of benzene rings is 3. The summed E-state index contributed by atoms with van der Waals surface area (Å²) >= 11 is 0. The van der Waals surface area contributed by atoms with Gasteiger partial charge in [-0.2, -0.15) is 5.10 Å². The highest BCUT2D eigenvalue weighted by molar-refractivity contribution is 5.93. The fourth-order valence-electron chi connectivity index (χ4n) is 3.58. The van der Waals surface area contributed by atoms with Gasteiger partial charge in [-0.1, -0.05) is 35.9 Å². The molecule has 0 saturated heterocycles. The number of aliphatic hydroxyl groups is 1. The third-order valence-electron chi connectivity index (χ3n) is 5.13. The van der Waals surface area contributed by atoms with E-state index in [1.807, 2.05) is 44.2 Å². The first-order valence-electron chi connectivity index (χ1n) is 10.1. The van der Waals surface area contributed by atoms with Gasteiger partial charge in [-0.05, 0) is 55.8 Å². The van der Waals surface area contributed by atoms with Crippen molar-refractivity contribution in [3.05, 3.63) is 94.0 Å². The second-order valence-corrected chi connectivity index (χ2v) is 7.62. The quantitative estimate of drug-likeness (QED) is 0.508. The zero-order chi connectivity index (χ0) is 22.0. The number of ether oxygens (including phenoxy) is 1. The summed E-state index contributed by atoms with van der Waals surface area (Å²) in [6.07, 6.45) is -0.937. The molecule has 1 aromatic heterocycles. The molecule has 6 heteroatoms. The Balaban J connectivity index is 1.63. The average Bonchev–Trinajstić information content (AvgIpc) is 2.76. The number of aliphatic hydroxyl groups excluding tert-OH is 1. The molecule has 1 heterocycles. The van der Waals surface area contributed by atoms with Crippen LogP contribution >= 0.6 is 0 Å². The van der Waals surface area contributed by atoms with Crippen LogP contribution in [0.15, 0.2) is 71.5 Å². The molecule has 0 amide bonds. The molecule has 0 spiro atoms. The molecule has 0 radical (unpaired) electrons. The molecule has 1 N–H and O–H groups in total. The maximum atomic E-state index is 13.4. The molecule has 1 atom stereocenters. The standard InChI is InChI=1S/C25H23FN2O3/c1-16-7-12-23(17(2)13-16)31-15-20(29)14-28-25(30)22-6-4-3-5-21(22)24(27-28)18-8-10-19(26)11-9-18/h3-13,20,29H,14-15H2,1-2H3. The van der Waals surface area contributed by atoms with E-state index >= 15 is 0 Å². The van der Waals surface area contributed by atoms with Crippen molar-refractivity contribution in [2.24, 2.45) is 0 Å². The first kappa shape index (κ1) is 20.8. The van der Waals surface area contributed by atoms with Gasteiger partial charge in [0.05, 0.1) is 17.6 Å². The van der Waals surface area contributed by atoms with Gasteiger partial charge in [0.25, 0.3) is 5.56 Å². The highest BCUT2D eigenvalue weighted by Crippen LogP contribution is 2.25. The fraction of sp³-hybridized carbons (Fsp3) is 0.200. The van der Waals surface area contributed by atoms with E-state index in [0.29, 0.717) is 27.8 Å². The Kier molecular flexibility index (Phi) is 5.82. The smallest absolute Gasteiger partial charge is 0.274 e. The number of aromatic nitrogens is 2. The number of fused-ring (bicyclic) bond motifs is 1. The summed E-state index contributed by atoms with van der Waals surface area (Å²) < 4.78 is 20.4. The lowest BCUT2D eigenvalue weighted by Gasteiger charge is -2.16. The van der Waals surface area contributed by atoms with Crippen molar-refractivity contribution in [2.45, 2.75) is 26.5 Å². The molecule has 158 valence electrons. The van der Waals surface area contributed by atoms with Crippen LogP contribution in [0, 0.1) is 19.7 Å². The lowest BCUT2D eigenvalue weighted by atomic mass is 10.1. The highest BCUT2D eigenvalue weighted by Gasteiger charge is 2.15. The molecular formula is C25H23FN2O3. The van der Waals surface area contributed by atoms with Gasteiger partial charge in [-0.25, -0.2) is 9.07 Å². The van der Waals surface area contributed by atoms with Gasteiger partial charge in [-0.3, -0.25) is 4.79 Å². The van der Waals surface area contributed by atoms with E-state index in [9.17, 15) is 14.3 Å². The van der Waals surface area contributed by atoms with Crippen molar-refractivity contribution in [2.75, 3.05) is 6.61 Å². The van der Waals surface area contributed by atoms with Crippen LogP contribution in [0.5, 0.6) is 5.75 Å². The summed E-state index contributed by atoms with van der Waals surface area (Å²) in [5, 5.41) is 16.2. The minimum absolute atomic E-state index is 0.0245. The lowest BCUT2D eigenvalue weighted by Crippen LogP contribution is -2.32. The summed E-state index contributed by atoms with van der Waals surface area (Å²) in [5.41, 5.74) is 3.05. The van der Waals surface area contributed by atoms with Gasteiger partial charge in [0, 0.05) is 10.9 Å². The Morgan fingerprint density at radius 1 is 1.03 bits per heavy atom. The van der Waals surface area contributed by atoms with Crippen LogP contribution in [-0.4, -0.2) is 27.6 Å². The van der Waals surface area contributed by atoms with Crippen LogP contribution < -0.4 is 10.3 Å². The summed E-state index contributed by atoms with van der Waals surface area (Å²) in [6.45, 7) is 3.95. The molecule has 5 nitrogen and oxygen atoms in total. The van der Waals surface area contributed by atoms with Crippen molar-refractivity contribution in [3.63, 3.8) is 0 Å². The molecule has 0 aliphatic heterocycles. The molecule has 0 aliphatic rings. The molecule has 3 aromatic carbocycles. The highest BCUT2D eigenvalue weighted by atomic mass is 19.1. The number of aryl methyl sites for hydroxylation is 2. The Hall–Kier alpha value is -3.51. The van der Waals surface area contributed by atoms with Crippen LogP contribution in [0.1, 0.15) is 11.1 Å². The van der Waals surface area contributed by atoms with E-state index in [0.717, 1.165) is 11.1 Å². The Morgan fingerprint density at radius 3 is 2.45 bits per heavy atom. The average molecular weight is 418 g/mol. The van der Waals surface area contributed by atoms with Crippen LogP contribution in [0.25, 0.3) is 22.0 Å². The molecule has 4 rings (SSSR count). The van der Waals surface area contributed by atoms with Gasteiger partial charge >= 0.3 is 0 Å². The van der Waals surface area contributed by atoms with E-state index in [1.54, 1.807) is 24.3 Å². The van der Waals surface area contributed by atoms with Crippen LogP contribution in [-0.2, 0) is 6.54 Å². The predicted octanol–water partition coefficient (Wildman–Crippen LogP) is 4.26. The SMILES string of the molecule is Cc1ccc(OCC(O)Cn2nc(-c3ccc(F)cc3)c3ccccc3c2=O)c(C)c1. The molecule has 0 aliphatic carbocycles. The summed E-state index contributed by atoms with van der Waals surface area (Å²) in [5.74, 6) is 0.343. The molecule has 4 aromatic rings. The van der Waals surface area contributed by atoms with Crippen molar-refractivity contribution in [1.82, 2.24) is 9.78 Å². The number of nitrogens with zero attached hydrogens (tertiary/aromatic N) is 2. The van der Waals surface area contributed by atoms with Crippen molar-refractivity contribution >= 4 is 10.8 Å². The first-order valence-corrected chi connectivity index (χ1v) is 10.1. The second-order valence-electron chi connectivity index (χ2n) is 7.62. The predicted molar refractivity (Wildman–Crippen MR) is 119 cm³/mol. The van der Waals surface area contributed by atoms with Gasteiger partial charge in [0.2, 0.25) is 0 Å². The fourth-order valence-corrected chi connectivity index (χ4v) is 3.58. The van der Waals surface area contributed by atoms with Gasteiger partial charge in [0.15, 0.2) is 0 Å². The Morgan fingerprint density at radius 2 is 1.74 bits per heavy atom. The first-order chi connectivity index (χ1) is 14.9. The van der Waals surface area contributed by atoms with Crippen LogP contribution in [0.2, 0.25) is 0 Å². The van der Waals surface area contributed by atoms with Crippen LogP contribution in [0.3, 0.4) is 0 Å². The Labute approximate surface area is 179 Å². The third kappa shape index (κ3) is 4.49. The topological polar surface area (TPSA) is 64.3 Å². The molecule has 31 heavy (non-hydrogen) atoms. The number of halogens is 1. The molecule has 0 bridgehead atoms. The monoisotopic (exact) mass is 418 g/mol. The van der Waals surface area contributed by atoms with Crippen molar-refractivity contribution in [3.8, 4) is 17.0 Å². The normalized spacial score (nSPS) is 12.1. The zero-order valence-electron chi connectivity index (χ0n) is 17.4. The minimum atomic E-state index is -0.937. The minimum Gasteiger partial charge on any atom is -0.491 e. The van der Waals surface area contributed by atoms with E-state index in [1.165, 1.54) is 16.8 Å². The van der Waals surface area contributed by atoms with Crippen molar-refractivity contribution in [1.29, 1.82) is 0 Å². The van der Waals surface area contributed by atoms with E-state index in [4.69, 9.17) is 4.74 Å². The summed E-state index contributed by atoms with van der Waals surface area (Å²) in [4.78, 5) is 13.0. The Bertz CT molecular complexity index is 1280. The summed E-state index contributed by atoms with van der Waals surface area (Å²) in [6, 6.07) is 18.9. The van der Waals surface area contributed by atoms with Gasteiger partial charge < -0.3 is 9.84 Å². The van der Waals surface area contributed by atoms with Crippen molar-refractivity contribution < 1.29 is 14.2 Å². The molecule has 1 unspecified atom stereocenters. The van der Waals surface area contributed by atoms with E-state index in [-0.39, 0.29) is 24.5 Å². The zero-order valence-corrected chi connectivity index (χ0v) is 17.4. The molecule has 0 fully saturated rings. The number of hydrogen-bond donors (Lipinski definition) is 1. The van der Waals surface area contributed by atoms with E-state index in [2.05, 4.69) is 5.10 Å². The lowest BCUT2D eigenvalue weighted by molar-refractivity contribution is 0.0879.